The molecule has 2 rings (SSSR count). The Hall–Kier alpha value is -1.44. The average Bonchev–Trinajstić information content (AvgIpc) is 2.40. The number of amidine groups is 1. The Kier molecular flexibility index (Phi) is 3.65. The van der Waals surface area contributed by atoms with Gasteiger partial charge in [-0.3, -0.25) is 5.41 Å². The molecule has 1 atom stereocenters. The van der Waals surface area contributed by atoms with Crippen molar-refractivity contribution in [3.05, 3.63) is 30.3 Å². The van der Waals surface area contributed by atoms with Gasteiger partial charge in [0.2, 0.25) is 10.0 Å². The van der Waals surface area contributed by atoms with E-state index in [0.29, 0.717) is 0 Å². The summed E-state index contributed by atoms with van der Waals surface area (Å²) in [4.78, 5) is 0.245. The van der Waals surface area contributed by atoms with Crippen LogP contribution in [-0.4, -0.2) is 44.4 Å². The van der Waals surface area contributed by atoms with Gasteiger partial charge >= 0.3 is 0 Å². The standard InChI is InChI=1S/C11H15N3O3S/c12-11(13)10-8-14(6-7-17-10)18(15,16)9-4-2-1-3-5-9/h1-5,10H,6-8H2,(H3,12,13). The molecule has 1 aromatic rings. The molecule has 0 bridgehead atoms. The van der Waals surface area contributed by atoms with Crippen LogP contribution in [0.5, 0.6) is 0 Å². The first-order valence-corrected chi connectivity index (χ1v) is 6.96. The molecule has 1 saturated heterocycles. The molecule has 1 aromatic carbocycles. The van der Waals surface area contributed by atoms with E-state index in [2.05, 4.69) is 0 Å². The monoisotopic (exact) mass is 269 g/mol. The first-order valence-electron chi connectivity index (χ1n) is 5.52. The fraction of sp³-hybridized carbons (Fsp3) is 0.364. The largest absolute Gasteiger partial charge is 0.385 e. The Bertz CT molecular complexity index is 530. The van der Waals surface area contributed by atoms with Gasteiger partial charge in [0.25, 0.3) is 0 Å². The fourth-order valence-electron chi connectivity index (χ4n) is 1.77. The molecule has 1 aliphatic rings. The molecule has 0 amide bonds. The quantitative estimate of drug-likeness (QED) is 0.597. The van der Waals surface area contributed by atoms with Crippen molar-refractivity contribution in [1.82, 2.24) is 4.31 Å². The van der Waals surface area contributed by atoms with Gasteiger partial charge < -0.3 is 10.5 Å². The Morgan fingerprint density at radius 2 is 2.06 bits per heavy atom. The van der Waals surface area contributed by atoms with Crippen molar-refractivity contribution in [1.29, 1.82) is 5.41 Å². The van der Waals surface area contributed by atoms with Gasteiger partial charge in [-0.05, 0) is 12.1 Å². The van der Waals surface area contributed by atoms with Crippen LogP contribution in [0.4, 0.5) is 0 Å². The maximum atomic E-state index is 12.3. The molecule has 0 saturated carbocycles. The van der Waals surface area contributed by atoms with E-state index in [1.807, 2.05) is 0 Å². The Balaban J connectivity index is 2.23. The second-order valence-corrected chi connectivity index (χ2v) is 5.93. The summed E-state index contributed by atoms with van der Waals surface area (Å²) in [5.41, 5.74) is 5.35. The lowest BCUT2D eigenvalue weighted by atomic mass is 10.3. The van der Waals surface area contributed by atoms with Crippen LogP contribution in [0.25, 0.3) is 0 Å². The van der Waals surface area contributed by atoms with E-state index in [0.717, 1.165) is 0 Å². The van der Waals surface area contributed by atoms with Crippen LogP contribution in [0.3, 0.4) is 0 Å². The molecule has 98 valence electrons. The van der Waals surface area contributed by atoms with Crippen molar-refractivity contribution in [3.63, 3.8) is 0 Å². The highest BCUT2D eigenvalue weighted by molar-refractivity contribution is 7.89. The number of ether oxygens (including phenoxy) is 1. The number of benzene rings is 1. The van der Waals surface area contributed by atoms with Crippen molar-refractivity contribution in [3.8, 4) is 0 Å². The van der Waals surface area contributed by atoms with Crippen LogP contribution in [0.2, 0.25) is 0 Å². The van der Waals surface area contributed by atoms with Crippen LogP contribution < -0.4 is 5.73 Å². The SMILES string of the molecule is N=C(N)C1CN(S(=O)(=O)c2ccccc2)CCO1. The minimum absolute atomic E-state index is 0.0898. The highest BCUT2D eigenvalue weighted by atomic mass is 32.2. The zero-order chi connectivity index (χ0) is 13.2. The second kappa shape index (κ2) is 5.05. The van der Waals surface area contributed by atoms with Crippen LogP contribution in [-0.2, 0) is 14.8 Å². The molecule has 1 fully saturated rings. The topological polar surface area (TPSA) is 96.5 Å². The molecule has 18 heavy (non-hydrogen) atoms. The van der Waals surface area contributed by atoms with Gasteiger partial charge in [-0.1, -0.05) is 18.2 Å². The van der Waals surface area contributed by atoms with Crippen molar-refractivity contribution < 1.29 is 13.2 Å². The molecular weight excluding hydrogens is 254 g/mol. The maximum absolute atomic E-state index is 12.3. The summed E-state index contributed by atoms with van der Waals surface area (Å²) in [6, 6.07) is 8.21. The smallest absolute Gasteiger partial charge is 0.243 e. The lowest BCUT2D eigenvalue weighted by Crippen LogP contribution is -2.50. The number of rotatable bonds is 3. The summed E-state index contributed by atoms with van der Waals surface area (Å²) in [5, 5.41) is 7.32. The van der Waals surface area contributed by atoms with Gasteiger partial charge in [-0.15, -0.1) is 0 Å². The third-order valence-corrected chi connectivity index (χ3v) is 4.64. The maximum Gasteiger partial charge on any atom is 0.243 e. The zero-order valence-electron chi connectivity index (χ0n) is 9.74. The lowest BCUT2D eigenvalue weighted by Gasteiger charge is -2.31. The molecule has 0 aliphatic carbocycles. The minimum atomic E-state index is -3.53. The molecule has 0 spiro atoms. The molecule has 1 heterocycles. The summed E-state index contributed by atoms with van der Waals surface area (Å²) < 4.78 is 31.2. The van der Waals surface area contributed by atoms with Crippen LogP contribution >= 0.6 is 0 Å². The van der Waals surface area contributed by atoms with E-state index in [-0.39, 0.29) is 30.4 Å². The Labute approximate surface area is 106 Å². The number of hydrogen-bond donors (Lipinski definition) is 2. The molecule has 6 nitrogen and oxygen atoms in total. The van der Waals surface area contributed by atoms with Crippen LogP contribution in [0.15, 0.2) is 35.2 Å². The first kappa shape index (κ1) is 13.0. The number of morpholine rings is 1. The van der Waals surface area contributed by atoms with Gasteiger partial charge in [-0.2, -0.15) is 4.31 Å². The van der Waals surface area contributed by atoms with Gasteiger partial charge in [0, 0.05) is 13.1 Å². The third-order valence-electron chi connectivity index (χ3n) is 2.76. The predicted molar refractivity (Wildman–Crippen MR) is 66.9 cm³/mol. The zero-order valence-corrected chi connectivity index (χ0v) is 10.6. The normalized spacial score (nSPS) is 21.7. The van der Waals surface area contributed by atoms with Gasteiger partial charge in [-0.25, -0.2) is 8.42 Å². The first-order chi connectivity index (χ1) is 8.51. The van der Waals surface area contributed by atoms with E-state index in [1.54, 1.807) is 30.3 Å². The number of sulfonamides is 1. The average molecular weight is 269 g/mol. The molecular formula is C11H15N3O3S. The van der Waals surface area contributed by atoms with Crippen molar-refractivity contribution in [2.75, 3.05) is 19.7 Å². The Morgan fingerprint density at radius 3 is 2.67 bits per heavy atom. The summed E-state index contributed by atoms with van der Waals surface area (Å²) in [6.07, 6.45) is -0.655. The number of hydrogen-bond acceptors (Lipinski definition) is 4. The van der Waals surface area contributed by atoms with Gasteiger partial charge in [0.1, 0.15) is 11.9 Å². The highest BCUT2D eigenvalue weighted by Gasteiger charge is 2.31. The minimum Gasteiger partial charge on any atom is -0.385 e. The number of nitrogens with two attached hydrogens (primary N) is 1. The van der Waals surface area contributed by atoms with Crippen LogP contribution in [0.1, 0.15) is 0 Å². The second-order valence-electron chi connectivity index (χ2n) is 3.99. The fourth-order valence-corrected chi connectivity index (χ4v) is 3.22. The molecule has 1 aliphatic heterocycles. The summed E-state index contributed by atoms with van der Waals surface area (Å²) >= 11 is 0. The van der Waals surface area contributed by atoms with E-state index in [1.165, 1.54) is 4.31 Å². The summed E-state index contributed by atoms with van der Waals surface area (Å²) in [7, 11) is -3.53. The predicted octanol–water partition coefficient (Wildman–Crippen LogP) is 0.0121. The molecule has 0 radical (unpaired) electrons. The van der Waals surface area contributed by atoms with E-state index < -0.39 is 16.1 Å². The lowest BCUT2D eigenvalue weighted by molar-refractivity contribution is 0.0368. The summed E-state index contributed by atoms with van der Waals surface area (Å²) in [5.74, 6) is -0.150. The van der Waals surface area contributed by atoms with Gasteiger partial charge in [0.05, 0.1) is 11.5 Å². The molecule has 1 unspecified atom stereocenters. The van der Waals surface area contributed by atoms with Crippen molar-refractivity contribution >= 4 is 15.9 Å². The third kappa shape index (κ3) is 2.53. The van der Waals surface area contributed by atoms with Crippen molar-refractivity contribution in [2.24, 2.45) is 5.73 Å². The molecule has 7 heteroatoms. The number of nitrogens with zero attached hydrogens (tertiary/aromatic N) is 1. The van der Waals surface area contributed by atoms with Crippen LogP contribution in [0, 0.1) is 5.41 Å². The highest BCUT2D eigenvalue weighted by Crippen LogP contribution is 2.18. The Morgan fingerprint density at radius 1 is 1.39 bits per heavy atom. The molecule has 0 aromatic heterocycles. The van der Waals surface area contributed by atoms with E-state index >= 15 is 0 Å². The van der Waals surface area contributed by atoms with E-state index in [4.69, 9.17) is 15.9 Å². The van der Waals surface area contributed by atoms with Gasteiger partial charge in [0.15, 0.2) is 0 Å². The van der Waals surface area contributed by atoms with E-state index in [9.17, 15) is 8.42 Å². The number of nitrogens with one attached hydrogen (secondary N) is 1. The van der Waals surface area contributed by atoms with Crippen molar-refractivity contribution in [2.45, 2.75) is 11.0 Å². The molecule has 3 N–H and O–H groups in total. The summed E-state index contributed by atoms with van der Waals surface area (Å²) in [6.45, 7) is 0.615.